The maximum atomic E-state index is 12.4. The molecule has 1 fully saturated rings. The van der Waals surface area contributed by atoms with Gasteiger partial charge in [0.1, 0.15) is 5.75 Å². The fourth-order valence-electron chi connectivity index (χ4n) is 3.37. The van der Waals surface area contributed by atoms with Crippen LogP contribution in [-0.4, -0.2) is 36.9 Å². The number of benzene rings is 2. The summed E-state index contributed by atoms with van der Waals surface area (Å²) in [6.45, 7) is 4.03. The summed E-state index contributed by atoms with van der Waals surface area (Å²) < 4.78 is 5.38. The number of methoxy groups -OCH3 is 1. The zero-order chi connectivity index (χ0) is 19.2. The minimum Gasteiger partial charge on any atom is -0.496 e. The van der Waals surface area contributed by atoms with Gasteiger partial charge in [0, 0.05) is 31.6 Å². The Balaban J connectivity index is 1.52. The number of hydrogen-bond donors (Lipinski definition) is 1. The van der Waals surface area contributed by atoms with Crippen LogP contribution < -0.4 is 10.1 Å². The monoisotopic (exact) mass is 366 g/mol. The van der Waals surface area contributed by atoms with Crippen LogP contribution in [0.3, 0.4) is 0 Å². The molecule has 0 radical (unpaired) electrons. The van der Waals surface area contributed by atoms with E-state index in [0.29, 0.717) is 31.5 Å². The fraction of sp³-hybridized carbons (Fsp3) is 0.364. The molecule has 2 amide bonds. The summed E-state index contributed by atoms with van der Waals surface area (Å²) in [4.78, 5) is 25.9. The maximum Gasteiger partial charge on any atom is 0.251 e. The molecule has 1 heterocycles. The van der Waals surface area contributed by atoms with E-state index in [2.05, 4.69) is 11.4 Å². The first-order valence-electron chi connectivity index (χ1n) is 9.35. The molecule has 0 atom stereocenters. The van der Waals surface area contributed by atoms with E-state index in [1.807, 2.05) is 48.2 Å². The molecule has 2 aromatic rings. The Hall–Kier alpha value is -2.82. The number of carbonyl (C=O) groups is 2. The second-order valence-corrected chi connectivity index (χ2v) is 6.94. The highest BCUT2D eigenvalue weighted by atomic mass is 16.5. The van der Waals surface area contributed by atoms with Crippen molar-refractivity contribution < 1.29 is 14.3 Å². The summed E-state index contributed by atoms with van der Waals surface area (Å²) in [5.74, 6) is 0.962. The molecule has 0 spiro atoms. The maximum absolute atomic E-state index is 12.4. The third-order valence-electron chi connectivity index (χ3n) is 4.88. The minimum atomic E-state index is -0.0922. The van der Waals surface area contributed by atoms with E-state index in [0.717, 1.165) is 29.8 Å². The molecular weight excluding hydrogens is 340 g/mol. The van der Waals surface area contributed by atoms with Crippen molar-refractivity contribution in [2.75, 3.05) is 20.2 Å². The van der Waals surface area contributed by atoms with Gasteiger partial charge in [0.15, 0.2) is 0 Å². The Morgan fingerprint density at radius 2 is 1.96 bits per heavy atom. The van der Waals surface area contributed by atoms with Gasteiger partial charge in [-0.05, 0) is 49.1 Å². The molecule has 5 nitrogen and oxygen atoms in total. The minimum absolute atomic E-state index is 0.0922. The molecule has 0 unspecified atom stereocenters. The number of ether oxygens (including phenoxy) is 1. The van der Waals surface area contributed by atoms with E-state index >= 15 is 0 Å². The van der Waals surface area contributed by atoms with Crippen LogP contribution in [0, 0.1) is 6.92 Å². The highest BCUT2D eigenvalue weighted by Gasteiger charge is 2.20. The number of likely N-dealkylation sites (tertiary alicyclic amines) is 1. The first-order chi connectivity index (χ1) is 13.1. The number of carbonyl (C=O) groups excluding carboxylic acids is 2. The molecule has 3 rings (SSSR count). The molecule has 1 saturated heterocycles. The number of rotatable bonds is 7. The van der Waals surface area contributed by atoms with Gasteiger partial charge in [-0.25, -0.2) is 0 Å². The van der Waals surface area contributed by atoms with Gasteiger partial charge >= 0.3 is 0 Å². The van der Waals surface area contributed by atoms with E-state index in [1.54, 1.807) is 7.11 Å². The van der Waals surface area contributed by atoms with Gasteiger partial charge in [0.25, 0.3) is 5.91 Å². The first kappa shape index (κ1) is 19.0. The lowest BCUT2D eigenvalue weighted by atomic mass is 10.1. The SMILES string of the molecule is COc1ccc(C)cc1CCNC(=O)c1ccc(CN2CCCC2=O)cc1. The van der Waals surface area contributed by atoms with Crippen molar-refractivity contribution in [3.63, 3.8) is 0 Å². The quantitative estimate of drug-likeness (QED) is 0.819. The zero-order valence-corrected chi connectivity index (χ0v) is 16.0. The highest BCUT2D eigenvalue weighted by molar-refractivity contribution is 5.94. The number of nitrogens with one attached hydrogen (secondary N) is 1. The van der Waals surface area contributed by atoms with Gasteiger partial charge in [0.05, 0.1) is 7.11 Å². The molecule has 0 bridgehead atoms. The number of amides is 2. The largest absolute Gasteiger partial charge is 0.496 e. The summed E-state index contributed by atoms with van der Waals surface area (Å²) in [6, 6.07) is 13.5. The second kappa shape index (κ2) is 8.71. The van der Waals surface area contributed by atoms with Crippen molar-refractivity contribution in [1.29, 1.82) is 0 Å². The average molecular weight is 366 g/mol. The first-order valence-corrected chi connectivity index (χ1v) is 9.35. The van der Waals surface area contributed by atoms with Gasteiger partial charge in [-0.2, -0.15) is 0 Å². The Kier molecular flexibility index (Phi) is 6.12. The predicted octanol–water partition coefficient (Wildman–Crippen LogP) is 3.10. The Morgan fingerprint density at radius 3 is 2.63 bits per heavy atom. The van der Waals surface area contributed by atoms with Crippen LogP contribution in [0.2, 0.25) is 0 Å². The molecule has 5 heteroatoms. The Bertz CT molecular complexity index is 815. The fourth-order valence-corrected chi connectivity index (χ4v) is 3.37. The van der Waals surface area contributed by atoms with Gasteiger partial charge in [0.2, 0.25) is 5.91 Å². The molecule has 27 heavy (non-hydrogen) atoms. The summed E-state index contributed by atoms with van der Waals surface area (Å²) >= 11 is 0. The molecule has 1 aliphatic rings. The van der Waals surface area contributed by atoms with Gasteiger partial charge in [-0.1, -0.05) is 29.8 Å². The van der Waals surface area contributed by atoms with Gasteiger partial charge in [-0.3, -0.25) is 9.59 Å². The number of hydrogen-bond acceptors (Lipinski definition) is 3. The van der Waals surface area contributed by atoms with Crippen LogP contribution in [0.5, 0.6) is 5.75 Å². The molecular formula is C22H26N2O3. The van der Waals surface area contributed by atoms with Gasteiger partial charge in [-0.15, -0.1) is 0 Å². The topological polar surface area (TPSA) is 58.6 Å². The van der Waals surface area contributed by atoms with Crippen molar-refractivity contribution in [2.24, 2.45) is 0 Å². The molecule has 0 aromatic heterocycles. The van der Waals surface area contributed by atoms with Crippen LogP contribution >= 0.6 is 0 Å². The summed E-state index contributed by atoms with van der Waals surface area (Å²) in [5.41, 5.74) is 3.93. The third-order valence-corrected chi connectivity index (χ3v) is 4.88. The standard InChI is InChI=1S/C22H26N2O3/c1-16-5-10-20(27-2)19(14-16)11-12-23-22(26)18-8-6-17(7-9-18)15-24-13-3-4-21(24)25/h5-10,14H,3-4,11-13,15H2,1-2H3,(H,23,26). The third kappa shape index (κ3) is 4.88. The Labute approximate surface area is 160 Å². The average Bonchev–Trinajstić information content (AvgIpc) is 3.07. The normalized spacial score (nSPS) is 13.7. The second-order valence-electron chi connectivity index (χ2n) is 6.94. The zero-order valence-electron chi connectivity index (χ0n) is 16.0. The van der Waals surface area contributed by atoms with Crippen LogP contribution in [0.15, 0.2) is 42.5 Å². The van der Waals surface area contributed by atoms with E-state index in [9.17, 15) is 9.59 Å². The Morgan fingerprint density at radius 1 is 1.19 bits per heavy atom. The van der Waals surface area contributed by atoms with Crippen LogP contribution in [0.1, 0.15) is 39.9 Å². The van der Waals surface area contributed by atoms with Crippen LogP contribution in [0.25, 0.3) is 0 Å². The van der Waals surface area contributed by atoms with Crippen LogP contribution in [0.4, 0.5) is 0 Å². The number of aryl methyl sites for hydroxylation is 1. The van der Waals surface area contributed by atoms with Crippen molar-refractivity contribution in [3.05, 3.63) is 64.7 Å². The van der Waals surface area contributed by atoms with Crippen molar-refractivity contribution in [2.45, 2.75) is 32.7 Å². The highest BCUT2D eigenvalue weighted by Crippen LogP contribution is 2.20. The molecule has 1 aliphatic heterocycles. The molecule has 2 aromatic carbocycles. The van der Waals surface area contributed by atoms with E-state index in [4.69, 9.17) is 4.74 Å². The summed E-state index contributed by atoms with van der Waals surface area (Å²) in [7, 11) is 1.66. The smallest absolute Gasteiger partial charge is 0.251 e. The van der Waals surface area contributed by atoms with Crippen LogP contribution in [-0.2, 0) is 17.8 Å². The summed E-state index contributed by atoms with van der Waals surface area (Å²) in [6.07, 6.45) is 2.29. The predicted molar refractivity (Wildman–Crippen MR) is 105 cm³/mol. The van der Waals surface area contributed by atoms with Crippen molar-refractivity contribution >= 4 is 11.8 Å². The molecule has 1 N–H and O–H groups in total. The lowest BCUT2D eigenvalue weighted by Gasteiger charge is -2.15. The number of nitrogens with zero attached hydrogens (tertiary/aromatic N) is 1. The van der Waals surface area contributed by atoms with Crippen molar-refractivity contribution in [3.8, 4) is 5.75 Å². The van der Waals surface area contributed by atoms with E-state index in [1.165, 1.54) is 5.56 Å². The molecule has 142 valence electrons. The lowest BCUT2D eigenvalue weighted by Crippen LogP contribution is -2.26. The molecule has 0 saturated carbocycles. The van der Waals surface area contributed by atoms with E-state index < -0.39 is 0 Å². The molecule has 0 aliphatic carbocycles. The summed E-state index contributed by atoms with van der Waals surface area (Å²) in [5, 5.41) is 2.96. The lowest BCUT2D eigenvalue weighted by molar-refractivity contribution is -0.128. The van der Waals surface area contributed by atoms with Gasteiger partial charge < -0.3 is 15.0 Å². The van der Waals surface area contributed by atoms with Crippen molar-refractivity contribution in [1.82, 2.24) is 10.2 Å². The van der Waals surface area contributed by atoms with E-state index in [-0.39, 0.29) is 11.8 Å².